The Labute approximate surface area is 189 Å². The van der Waals surface area contributed by atoms with Crippen molar-refractivity contribution in [2.45, 2.75) is 63.1 Å². The van der Waals surface area contributed by atoms with Crippen LogP contribution < -0.4 is 4.74 Å². The van der Waals surface area contributed by atoms with Gasteiger partial charge >= 0.3 is 5.97 Å². The van der Waals surface area contributed by atoms with Crippen molar-refractivity contribution in [1.82, 2.24) is 4.90 Å². The molecule has 2 unspecified atom stereocenters. The smallest absolute Gasteiger partial charge is 0.338 e. The van der Waals surface area contributed by atoms with Gasteiger partial charge in [0.1, 0.15) is 12.4 Å². The average molecular weight is 466 g/mol. The van der Waals surface area contributed by atoms with Crippen LogP contribution in [0.15, 0.2) is 24.3 Å². The van der Waals surface area contributed by atoms with E-state index in [4.69, 9.17) is 14.2 Å². The van der Waals surface area contributed by atoms with Crippen molar-refractivity contribution < 1.29 is 32.2 Å². The van der Waals surface area contributed by atoms with Crippen molar-refractivity contribution in [3.63, 3.8) is 0 Å². The van der Waals surface area contributed by atoms with Crippen LogP contribution in [-0.2, 0) is 24.1 Å². The zero-order valence-corrected chi connectivity index (χ0v) is 19.1. The normalized spacial score (nSPS) is 25.0. The zero-order valence-electron chi connectivity index (χ0n) is 18.2. The first-order chi connectivity index (χ1) is 15.4. The van der Waals surface area contributed by atoms with Gasteiger partial charge in [0.2, 0.25) is 0 Å². The van der Waals surface area contributed by atoms with Crippen LogP contribution >= 0.6 is 0 Å². The first-order valence-electron chi connectivity index (χ1n) is 11.4. The molecule has 1 aromatic carbocycles. The van der Waals surface area contributed by atoms with Gasteiger partial charge in [0.15, 0.2) is 16.4 Å². The molecule has 4 rings (SSSR count). The summed E-state index contributed by atoms with van der Waals surface area (Å²) in [6.07, 6.45) is 6.38. The summed E-state index contributed by atoms with van der Waals surface area (Å²) in [7, 11) is -3.11. The molecule has 1 aliphatic carbocycles. The molecule has 2 heterocycles. The molecule has 0 N–H and O–H groups in total. The number of rotatable bonds is 8. The van der Waals surface area contributed by atoms with Crippen LogP contribution in [0.4, 0.5) is 0 Å². The second-order valence-corrected chi connectivity index (χ2v) is 11.1. The van der Waals surface area contributed by atoms with Gasteiger partial charge in [-0.05, 0) is 56.4 Å². The molecular formula is C23H31NO7S. The second-order valence-electron chi connectivity index (χ2n) is 8.84. The van der Waals surface area contributed by atoms with E-state index in [1.54, 1.807) is 29.2 Å². The fourth-order valence-corrected chi connectivity index (χ4v) is 6.53. The summed E-state index contributed by atoms with van der Waals surface area (Å²) in [6.45, 7) is 0.863. The third kappa shape index (κ3) is 5.81. The molecule has 1 aromatic rings. The summed E-state index contributed by atoms with van der Waals surface area (Å²) >= 11 is 0. The molecule has 32 heavy (non-hydrogen) atoms. The van der Waals surface area contributed by atoms with E-state index >= 15 is 0 Å². The van der Waals surface area contributed by atoms with Crippen LogP contribution in [0, 0.1) is 0 Å². The zero-order chi connectivity index (χ0) is 22.6. The maximum absolute atomic E-state index is 13.0. The lowest BCUT2D eigenvalue weighted by molar-refractivity contribution is -0.139. The lowest BCUT2D eigenvalue weighted by atomic mass is 10.1. The molecule has 1 saturated carbocycles. The highest BCUT2D eigenvalue weighted by molar-refractivity contribution is 7.91. The van der Waals surface area contributed by atoms with Crippen LogP contribution in [0.1, 0.15) is 55.3 Å². The van der Waals surface area contributed by atoms with E-state index in [2.05, 4.69) is 0 Å². The number of carbonyl (C=O) groups is 2. The predicted octanol–water partition coefficient (Wildman–Crippen LogP) is 2.36. The van der Waals surface area contributed by atoms with Gasteiger partial charge in [0.25, 0.3) is 5.91 Å². The van der Waals surface area contributed by atoms with Gasteiger partial charge in [-0.25, -0.2) is 13.2 Å². The molecule has 0 aromatic heterocycles. The molecule has 1 amide bonds. The summed E-state index contributed by atoms with van der Waals surface area (Å²) in [5.74, 6) is -0.160. The van der Waals surface area contributed by atoms with Crippen molar-refractivity contribution >= 4 is 21.7 Å². The quantitative estimate of drug-likeness (QED) is 0.544. The first kappa shape index (κ1) is 23.0. The minimum Gasteiger partial charge on any atom is -0.491 e. The Morgan fingerprint density at radius 3 is 2.38 bits per heavy atom. The molecule has 2 aliphatic heterocycles. The number of benzene rings is 1. The molecule has 0 bridgehead atoms. The molecule has 3 aliphatic rings. The molecule has 176 valence electrons. The van der Waals surface area contributed by atoms with Gasteiger partial charge in [-0.15, -0.1) is 0 Å². The number of sulfone groups is 1. The van der Waals surface area contributed by atoms with Gasteiger partial charge in [0.05, 0.1) is 23.2 Å². The molecule has 2 atom stereocenters. The number of nitrogens with zero attached hydrogens (tertiary/aromatic N) is 1. The maximum atomic E-state index is 13.0. The van der Waals surface area contributed by atoms with E-state index in [1.807, 2.05) is 0 Å². The van der Waals surface area contributed by atoms with Crippen LogP contribution in [0.2, 0.25) is 0 Å². The first-order valence-corrected chi connectivity index (χ1v) is 13.3. The molecular weight excluding hydrogens is 434 g/mol. The maximum Gasteiger partial charge on any atom is 0.338 e. The van der Waals surface area contributed by atoms with E-state index in [1.165, 1.54) is 0 Å². The Kier molecular flexibility index (Phi) is 7.35. The van der Waals surface area contributed by atoms with E-state index in [9.17, 15) is 18.0 Å². The number of amides is 1. The Hall–Kier alpha value is -2.13. The number of ether oxygens (including phenoxy) is 3. The Bertz CT molecular complexity index is 903. The summed E-state index contributed by atoms with van der Waals surface area (Å²) < 4.78 is 40.4. The summed E-state index contributed by atoms with van der Waals surface area (Å²) in [5, 5.41) is 0. The number of hydrogen-bond acceptors (Lipinski definition) is 7. The van der Waals surface area contributed by atoms with Crippen LogP contribution in [0.5, 0.6) is 5.75 Å². The Balaban J connectivity index is 1.30. The van der Waals surface area contributed by atoms with Gasteiger partial charge in [0, 0.05) is 18.7 Å². The monoisotopic (exact) mass is 465 g/mol. The van der Waals surface area contributed by atoms with Gasteiger partial charge in [-0.3, -0.25) is 4.79 Å². The van der Waals surface area contributed by atoms with Crippen molar-refractivity contribution in [3.05, 3.63) is 29.8 Å². The highest BCUT2D eigenvalue weighted by atomic mass is 32.2. The van der Waals surface area contributed by atoms with Gasteiger partial charge < -0.3 is 19.1 Å². The minimum atomic E-state index is -3.11. The lowest BCUT2D eigenvalue weighted by Gasteiger charge is -2.33. The fraction of sp³-hybridized carbons (Fsp3) is 0.652. The summed E-state index contributed by atoms with van der Waals surface area (Å²) in [4.78, 5) is 27.1. The van der Waals surface area contributed by atoms with Gasteiger partial charge in [-0.2, -0.15) is 0 Å². The largest absolute Gasteiger partial charge is 0.491 e. The fourth-order valence-electron chi connectivity index (χ4n) is 4.82. The second kappa shape index (κ2) is 10.2. The van der Waals surface area contributed by atoms with E-state index < -0.39 is 15.8 Å². The molecule has 8 nitrogen and oxygen atoms in total. The van der Waals surface area contributed by atoms with Crippen molar-refractivity contribution in [2.75, 3.05) is 31.3 Å². The highest BCUT2D eigenvalue weighted by Gasteiger charge is 2.39. The minimum absolute atomic E-state index is 0.00343. The number of esters is 1. The number of hydrogen-bond donors (Lipinski definition) is 0. The molecule has 3 fully saturated rings. The Morgan fingerprint density at radius 2 is 1.75 bits per heavy atom. The van der Waals surface area contributed by atoms with Crippen LogP contribution in [0.3, 0.4) is 0 Å². The van der Waals surface area contributed by atoms with E-state index in [-0.39, 0.29) is 42.2 Å². The van der Waals surface area contributed by atoms with Crippen molar-refractivity contribution in [1.29, 1.82) is 0 Å². The van der Waals surface area contributed by atoms with Crippen LogP contribution in [0.25, 0.3) is 0 Å². The summed E-state index contributed by atoms with van der Waals surface area (Å²) in [6, 6.07) is 6.31. The van der Waals surface area contributed by atoms with Crippen LogP contribution in [-0.4, -0.2) is 74.7 Å². The molecule has 2 saturated heterocycles. The van der Waals surface area contributed by atoms with Crippen molar-refractivity contribution in [2.24, 2.45) is 0 Å². The van der Waals surface area contributed by atoms with E-state index in [0.717, 1.165) is 45.1 Å². The third-order valence-electron chi connectivity index (χ3n) is 6.48. The standard InChI is InChI=1S/C23H31NO7S/c25-22(24(18-4-1-2-5-18)19-11-13-32(27,28)16-19)15-31-23(26)17-7-9-20(10-8-17)30-14-21-6-3-12-29-21/h7-10,18-19,21H,1-6,11-16H2. The predicted molar refractivity (Wildman–Crippen MR) is 117 cm³/mol. The lowest BCUT2D eigenvalue weighted by Crippen LogP contribution is -2.48. The third-order valence-corrected chi connectivity index (χ3v) is 8.23. The average Bonchev–Trinajstić information content (AvgIpc) is 3.54. The highest BCUT2D eigenvalue weighted by Crippen LogP contribution is 2.29. The Morgan fingerprint density at radius 1 is 1.00 bits per heavy atom. The van der Waals surface area contributed by atoms with Crippen molar-refractivity contribution in [3.8, 4) is 5.75 Å². The van der Waals surface area contributed by atoms with E-state index in [0.29, 0.717) is 24.3 Å². The number of carbonyl (C=O) groups excluding carboxylic acids is 2. The molecule has 0 radical (unpaired) electrons. The summed E-state index contributed by atoms with van der Waals surface area (Å²) in [5.41, 5.74) is 0.332. The SMILES string of the molecule is O=C(OCC(=O)N(C1CCCC1)C1CCS(=O)(=O)C1)c1ccc(OCC2CCCO2)cc1. The molecule has 0 spiro atoms. The van der Waals surface area contributed by atoms with Gasteiger partial charge in [-0.1, -0.05) is 12.8 Å². The topological polar surface area (TPSA) is 99.2 Å². The molecule has 9 heteroatoms.